The molecule has 2 heterocycles. The number of nitrogens with zero attached hydrogens (tertiary/aromatic N) is 1. The van der Waals surface area contributed by atoms with E-state index in [0.717, 1.165) is 31.3 Å². The van der Waals surface area contributed by atoms with Crippen molar-refractivity contribution in [2.24, 2.45) is 0 Å². The maximum Gasteiger partial charge on any atom is 0.236 e. The molecule has 0 saturated carbocycles. The molecule has 6 heteroatoms. The molecule has 2 aromatic rings. The summed E-state index contributed by atoms with van der Waals surface area (Å²) in [6.45, 7) is 2.64. The quantitative estimate of drug-likeness (QED) is 0.903. The molecule has 2 N–H and O–H groups in total. The van der Waals surface area contributed by atoms with Crippen LogP contribution in [0.1, 0.15) is 12.1 Å². The molecule has 0 atom stereocenters. The highest BCUT2D eigenvalue weighted by Crippen LogP contribution is 2.21. The summed E-state index contributed by atoms with van der Waals surface area (Å²) < 4.78 is 26.7. The normalized spacial score (nSPS) is 15.9. The van der Waals surface area contributed by atoms with Crippen LogP contribution in [0.4, 0.5) is 8.78 Å². The van der Waals surface area contributed by atoms with E-state index in [2.05, 4.69) is 10.3 Å². The van der Waals surface area contributed by atoms with Gasteiger partial charge in [0.25, 0.3) is 0 Å². The molecule has 1 aromatic heterocycles. The number of nitrogens with one attached hydrogen (secondary N) is 2. The third-order valence-corrected chi connectivity index (χ3v) is 3.77. The van der Waals surface area contributed by atoms with Gasteiger partial charge in [0.1, 0.15) is 11.6 Å². The number of aromatic amines is 1. The van der Waals surface area contributed by atoms with Gasteiger partial charge in [-0.1, -0.05) is 0 Å². The Labute approximate surface area is 121 Å². The van der Waals surface area contributed by atoms with E-state index in [1.165, 1.54) is 6.07 Å². The number of carbonyl (C=O) groups is 1. The summed E-state index contributed by atoms with van der Waals surface area (Å²) in [5.74, 6) is -1.02. The van der Waals surface area contributed by atoms with Crippen LogP contribution in [-0.4, -0.2) is 42.0 Å². The van der Waals surface area contributed by atoms with Crippen LogP contribution in [0.3, 0.4) is 0 Å². The molecule has 1 aliphatic rings. The fourth-order valence-electron chi connectivity index (χ4n) is 2.70. The standard InChI is InChI=1S/C15H17F2N3O/c16-10-6-13(17)12-8-11(19-14(12)7-10)2-1-4-20-5-3-18-9-15(20)21/h6-8,18-19H,1-5,9H2. The molecular formula is C15H17F2N3O. The third-order valence-electron chi connectivity index (χ3n) is 3.77. The highest BCUT2D eigenvalue weighted by molar-refractivity contribution is 5.81. The maximum atomic E-state index is 13.6. The number of piperazine rings is 1. The zero-order chi connectivity index (χ0) is 14.8. The molecule has 3 rings (SSSR count). The van der Waals surface area contributed by atoms with E-state index in [1.54, 1.807) is 6.07 Å². The first-order chi connectivity index (χ1) is 10.1. The number of amides is 1. The van der Waals surface area contributed by atoms with E-state index < -0.39 is 11.6 Å². The van der Waals surface area contributed by atoms with E-state index >= 15 is 0 Å². The summed E-state index contributed by atoms with van der Waals surface area (Å²) in [6, 6.07) is 3.89. The van der Waals surface area contributed by atoms with Gasteiger partial charge in [0, 0.05) is 36.8 Å². The first-order valence-corrected chi connectivity index (χ1v) is 7.08. The van der Waals surface area contributed by atoms with Crippen LogP contribution in [-0.2, 0) is 11.2 Å². The Morgan fingerprint density at radius 2 is 2.10 bits per heavy atom. The Morgan fingerprint density at radius 3 is 2.90 bits per heavy atom. The molecule has 1 aliphatic heterocycles. The maximum absolute atomic E-state index is 13.6. The molecule has 1 amide bonds. The number of H-pyrrole nitrogens is 1. The lowest BCUT2D eigenvalue weighted by Crippen LogP contribution is -2.48. The van der Waals surface area contributed by atoms with Gasteiger partial charge >= 0.3 is 0 Å². The smallest absolute Gasteiger partial charge is 0.236 e. The molecule has 1 aromatic carbocycles. The lowest BCUT2D eigenvalue weighted by Gasteiger charge is -2.27. The molecule has 0 aliphatic carbocycles. The molecule has 1 saturated heterocycles. The van der Waals surface area contributed by atoms with E-state index in [1.807, 2.05) is 4.90 Å². The molecule has 1 fully saturated rings. The first-order valence-electron chi connectivity index (χ1n) is 7.08. The molecule has 0 spiro atoms. The van der Waals surface area contributed by atoms with Gasteiger partial charge in [-0.15, -0.1) is 0 Å². The van der Waals surface area contributed by atoms with Crippen LogP contribution in [0.5, 0.6) is 0 Å². The minimum absolute atomic E-state index is 0.117. The van der Waals surface area contributed by atoms with Crippen molar-refractivity contribution in [3.05, 3.63) is 35.5 Å². The van der Waals surface area contributed by atoms with Gasteiger partial charge in [0.2, 0.25) is 5.91 Å². The number of halogens is 2. The van der Waals surface area contributed by atoms with Gasteiger partial charge in [0.15, 0.2) is 0 Å². The zero-order valence-electron chi connectivity index (χ0n) is 11.6. The first kappa shape index (κ1) is 14.0. The fraction of sp³-hybridized carbons (Fsp3) is 0.400. The topological polar surface area (TPSA) is 48.1 Å². The van der Waals surface area contributed by atoms with Gasteiger partial charge in [-0.05, 0) is 25.0 Å². The summed E-state index contributed by atoms with van der Waals surface area (Å²) in [6.07, 6.45) is 1.50. The summed E-state index contributed by atoms with van der Waals surface area (Å²) in [7, 11) is 0. The summed E-state index contributed by atoms with van der Waals surface area (Å²) in [5.41, 5.74) is 1.33. The van der Waals surface area contributed by atoms with Crippen LogP contribution >= 0.6 is 0 Å². The van der Waals surface area contributed by atoms with Crippen molar-refractivity contribution in [1.29, 1.82) is 0 Å². The SMILES string of the molecule is O=C1CNCCN1CCCc1cc2c(F)cc(F)cc2[nH]1. The molecule has 112 valence electrons. The fourth-order valence-corrected chi connectivity index (χ4v) is 2.70. The monoisotopic (exact) mass is 293 g/mol. The average molecular weight is 293 g/mol. The number of hydrogen-bond acceptors (Lipinski definition) is 2. The van der Waals surface area contributed by atoms with E-state index in [9.17, 15) is 13.6 Å². The number of carbonyl (C=O) groups excluding carboxylic acids is 1. The van der Waals surface area contributed by atoms with Gasteiger partial charge in [-0.2, -0.15) is 0 Å². The van der Waals surface area contributed by atoms with Crippen LogP contribution < -0.4 is 5.32 Å². The van der Waals surface area contributed by atoms with Crippen molar-refractivity contribution < 1.29 is 13.6 Å². The van der Waals surface area contributed by atoms with Crippen molar-refractivity contribution in [3.63, 3.8) is 0 Å². The Bertz CT molecular complexity index is 668. The minimum Gasteiger partial charge on any atom is -0.358 e. The van der Waals surface area contributed by atoms with Crippen LogP contribution in [0.25, 0.3) is 10.9 Å². The Balaban J connectivity index is 1.63. The second kappa shape index (κ2) is 5.81. The lowest BCUT2D eigenvalue weighted by atomic mass is 10.2. The van der Waals surface area contributed by atoms with Crippen LogP contribution in [0, 0.1) is 11.6 Å². The highest BCUT2D eigenvalue weighted by atomic mass is 19.1. The number of rotatable bonds is 4. The number of aryl methyl sites for hydroxylation is 1. The lowest BCUT2D eigenvalue weighted by molar-refractivity contribution is -0.131. The minimum atomic E-state index is -0.584. The number of fused-ring (bicyclic) bond motifs is 1. The Kier molecular flexibility index (Phi) is 3.88. The number of benzene rings is 1. The van der Waals surface area contributed by atoms with Gasteiger partial charge in [-0.3, -0.25) is 4.79 Å². The van der Waals surface area contributed by atoms with E-state index in [0.29, 0.717) is 30.4 Å². The highest BCUT2D eigenvalue weighted by Gasteiger charge is 2.16. The molecule has 0 unspecified atom stereocenters. The zero-order valence-corrected chi connectivity index (χ0v) is 11.6. The van der Waals surface area contributed by atoms with Gasteiger partial charge < -0.3 is 15.2 Å². The van der Waals surface area contributed by atoms with Crippen molar-refractivity contribution in [2.45, 2.75) is 12.8 Å². The van der Waals surface area contributed by atoms with Crippen LogP contribution in [0.15, 0.2) is 18.2 Å². The molecule has 0 bridgehead atoms. The van der Waals surface area contributed by atoms with Crippen LogP contribution in [0.2, 0.25) is 0 Å². The van der Waals surface area contributed by atoms with Crippen molar-refractivity contribution in [2.75, 3.05) is 26.2 Å². The van der Waals surface area contributed by atoms with Crippen molar-refractivity contribution in [3.8, 4) is 0 Å². The average Bonchev–Trinajstić information content (AvgIpc) is 2.84. The number of aromatic nitrogens is 1. The summed E-state index contributed by atoms with van der Waals surface area (Å²) in [4.78, 5) is 16.5. The second-order valence-corrected chi connectivity index (χ2v) is 5.30. The van der Waals surface area contributed by atoms with Gasteiger partial charge in [0.05, 0.1) is 12.1 Å². The third kappa shape index (κ3) is 3.05. The van der Waals surface area contributed by atoms with E-state index in [4.69, 9.17) is 0 Å². The van der Waals surface area contributed by atoms with Crippen molar-refractivity contribution in [1.82, 2.24) is 15.2 Å². The van der Waals surface area contributed by atoms with Crippen molar-refractivity contribution >= 4 is 16.8 Å². The molecular weight excluding hydrogens is 276 g/mol. The van der Waals surface area contributed by atoms with Gasteiger partial charge in [-0.25, -0.2) is 8.78 Å². The molecule has 21 heavy (non-hydrogen) atoms. The predicted molar refractivity (Wildman–Crippen MR) is 76.0 cm³/mol. The Hall–Kier alpha value is -1.95. The largest absolute Gasteiger partial charge is 0.358 e. The second-order valence-electron chi connectivity index (χ2n) is 5.30. The number of hydrogen-bond donors (Lipinski definition) is 2. The molecule has 4 nitrogen and oxygen atoms in total. The Morgan fingerprint density at radius 1 is 1.24 bits per heavy atom. The molecule has 0 radical (unpaired) electrons. The summed E-state index contributed by atoms with van der Waals surface area (Å²) >= 11 is 0. The van der Waals surface area contributed by atoms with E-state index in [-0.39, 0.29) is 5.91 Å². The summed E-state index contributed by atoms with van der Waals surface area (Å²) in [5, 5.41) is 3.43. The predicted octanol–water partition coefficient (Wildman–Crippen LogP) is 1.81.